The zero-order valence-electron chi connectivity index (χ0n) is 14.7. The van der Waals surface area contributed by atoms with E-state index in [1.165, 1.54) is 5.56 Å². The Morgan fingerprint density at radius 3 is 2.48 bits per heavy atom. The number of aliphatic hydroxyl groups excluding tert-OH is 1. The van der Waals surface area contributed by atoms with Gasteiger partial charge < -0.3 is 15.3 Å². The molecule has 1 saturated carbocycles. The third kappa shape index (κ3) is 6.16. The second-order valence-corrected chi connectivity index (χ2v) is 7.00. The number of terminal acetylenes is 1. The zero-order valence-corrected chi connectivity index (χ0v) is 16.3. The van der Waals surface area contributed by atoms with Crippen molar-refractivity contribution in [1.29, 1.82) is 0 Å². The highest BCUT2D eigenvalue weighted by atomic mass is 35.5. The second-order valence-electron chi connectivity index (χ2n) is 7.00. The van der Waals surface area contributed by atoms with Crippen LogP contribution in [0.25, 0.3) is 0 Å². The number of aliphatic hydroxyl groups is 1. The minimum atomic E-state index is -0.0943. The second kappa shape index (κ2) is 11.1. The van der Waals surface area contributed by atoms with E-state index in [2.05, 4.69) is 34.3 Å². The van der Waals surface area contributed by atoms with Gasteiger partial charge in [0, 0.05) is 38.3 Å². The first-order chi connectivity index (χ1) is 11.3. The van der Waals surface area contributed by atoms with Crippen LogP contribution in [0.5, 0.6) is 0 Å². The van der Waals surface area contributed by atoms with Gasteiger partial charge in [-0.2, -0.15) is 0 Å². The van der Waals surface area contributed by atoms with E-state index in [-0.39, 0.29) is 30.9 Å². The van der Waals surface area contributed by atoms with Crippen molar-refractivity contribution < 1.29 is 5.11 Å². The van der Waals surface area contributed by atoms with Gasteiger partial charge in [-0.3, -0.25) is 0 Å². The van der Waals surface area contributed by atoms with Gasteiger partial charge >= 0.3 is 0 Å². The van der Waals surface area contributed by atoms with Crippen molar-refractivity contribution in [3.05, 3.63) is 35.4 Å². The number of nitrogens with zero attached hydrogens (tertiary/aromatic N) is 1. The van der Waals surface area contributed by atoms with Gasteiger partial charge in [-0.05, 0) is 55.2 Å². The Morgan fingerprint density at radius 1 is 1.16 bits per heavy atom. The molecular formula is C20H30Cl2N2O. The molecule has 5 heteroatoms. The summed E-state index contributed by atoms with van der Waals surface area (Å²) in [7, 11) is 0. The summed E-state index contributed by atoms with van der Waals surface area (Å²) in [5.41, 5.74) is 2.35. The summed E-state index contributed by atoms with van der Waals surface area (Å²) in [4.78, 5) is 2.58. The lowest BCUT2D eigenvalue weighted by Gasteiger charge is -2.37. The Bertz CT molecular complexity index is 547. The number of rotatable bonds is 4. The topological polar surface area (TPSA) is 35.5 Å². The molecule has 0 radical (unpaired) electrons. The maximum atomic E-state index is 9.84. The van der Waals surface area contributed by atoms with E-state index in [1.807, 2.05) is 6.07 Å². The van der Waals surface area contributed by atoms with E-state index < -0.39 is 0 Å². The van der Waals surface area contributed by atoms with Crippen molar-refractivity contribution in [2.24, 2.45) is 5.92 Å². The Labute approximate surface area is 164 Å². The Balaban J connectivity index is 0.00000156. The Hall–Kier alpha value is -0.760. The minimum absolute atomic E-state index is 0. The lowest BCUT2D eigenvalue weighted by molar-refractivity contribution is 0.0932. The lowest BCUT2D eigenvalue weighted by atomic mass is 9.75. The number of hydrogen-bond donors (Lipinski definition) is 2. The van der Waals surface area contributed by atoms with Crippen LogP contribution in [-0.2, 0) is 0 Å². The van der Waals surface area contributed by atoms with Gasteiger partial charge in [0.1, 0.15) is 0 Å². The SMILES string of the molecule is C#Cc1cccc(C(CN2CCNCC2)C2CCC(O)CC2)c1.Cl.Cl. The Morgan fingerprint density at radius 2 is 1.84 bits per heavy atom. The van der Waals surface area contributed by atoms with Crippen molar-refractivity contribution in [3.8, 4) is 12.3 Å². The van der Waals surface area contributed by atoms with Crippen LogP contribution in [0.3, 0.4) is 0 Å². The first-order valence-electron chi connectivity index (χ1n) is 8.94. The van der Waals surface area contributed by atoms with Crippen molar-refractivity contribution >= 4 is 24.8 Å². The lowest BCUT2D eigenvalue weighted by Crippen LogP contribution is -2.46. The first-order valence-corrected chi connectivity index (χ1v) is 8.94. The fraction of sp³-hybridized carbons (Fsp3) is 0.600. The van der Waals surface area contributed by atoms with Crippen LogP contribution in [0.4, 0.5) is 0 Å². The van der Waals surface area contributed by atoms with Gasteiger partial charge in [0.25, 0.3) is 0 Å². The van der Waals surface area contributed by atoms with Crippen LogP contribution in [0.15, 0.2) is 24.3 Å². The van der Waals surface area contributed by atoms with Gasteiger partial charge in [0.2, 0.25) is 0 Å². The summed E-state index contributed by atoms with van der Waals surface area (Å²) >= 11 is 0. The molecule has 1 saturated heterocycles. The number of halogens is 2. The summed E-state index contributed by atoms with van der Waals surface area (Å²) < 4.78 is 0. The van der Waals surface area contributed by atoms with Crippen LogP contribution in [0, 0.1) is 18.3 Å². The normalized spacial score (nSPS) is 25.1. The molecule has 3 rings (SSSR count). The van der Waals surface area contributed by atoms with E-state index in [4.69, 9.17) is 6.42 Å². The quantitative estimate of drug-likeness (QED) is 0.783. The largest absolute Gasteiger partial charge is 0.393 e. The van der Waals surface area contributed by atoms with Crippen molar-refractivity contribution in [3.63, 3.8) is 0 Å². The molecule has 0 aromatic heterocycles. The fourth-order valence-electron chi connectivity index (χ4n) is 4.06. The maximum Gasteiger partial charge on any atom is 0.0540 e. The van der Waals surface area contributed by atoms with Gasteiger partial charge in [-0.15, -0.1) is 31.2 Å². The highest BCUT2D eigenvalue weighted by Gasteiger charge is 2.29. The molecule has 1 aromatic carbocycles. The predicted molar refractivity (Wildman–Crippen MR) is 109 cm³/mol. The molecule has 1 unspecified atom stereocenters. The smallest absolute Gasteiger partial charge is 0.0540 e. The van der Waals surface area contributed by atoms with Crippen molar-refractivity contribution in [1.82, 2.24) is 10.2 Å². The molecule has 140 valence electrons. The van der Waals surface area contributed by atoms with E-state index in [1.54, 1.807) is 0 Å². The monoisotopic (exact) mass is 384 g/mol. The van der Waals surface area contributed by atoms with Gasteiger partial charge in [0.15, 0.2) is 0 Å². The molecular weight excluding hydrogens is 355 g/mol. The zero-order chi connectivity index (χ0) is 16.1. The third-order valence-electron chi connectivity index (χ3n) is 5.46. The van der Waals surface area contributed by atoms with E-state index >= 15 is 0 Å². The molecule has 0 bridgehead atoms. The minimum Gasteiger partial charge on any atom is -0.393 e. The molecule has 1 aliphatic heterocycles. The summed E-state index contributed by atoms with van der Waals surface area (Å²) in [6.45, 7) is 5.53. The van der Waals surface area contributed by atoms with Gasteiger partial charge in [0.05, 0.1) is 6.10 Å². The summed E-state index contributed by atoms with van der Waals surface area (Å²) in [5, 5.41) is 13.3. The fourth-order valence-corrected chi connectivity index (χ4v) is 4.06. The van der Waals surface area contributed by atoms with Crippen LogP contribution in [0.2, 0.25) is 0 Å². The molecule has 0 spiro atoms. The maximum absolute atomic E-state index is 9.84. The van der Waals surface area contributed by atoms with Crippen molar-refractivity contribution in [2.75, 3.05) is 32.7 Å². The Kier molecular flexibility index (Phi) is 9.86. The standard InChI is InChI=1S/C20H28N2O.2ClH/c1-2-16-4-3-5-18(14-16)20(15-22-12-10-21-11-13-22)17-6-8-19(23)9-7-17;;/h1,3-5,14,17,19-21,23H,6-13,15H2;2*1H. The molecule has 2 N–H and O–H groups in total. The number of benzene rings is 1. The van der Waals surface area contributed by atoms with Crippen LogP contribution in [-0.4, -0.2) is 48.8 Å². The highest BCUT2D eigenvalue weighted by Crippen LogP contribution is 2.37. The highest BCUT2D eigenvalue weighted by molar-refractivity contribution is 5.85. The molecule has 0 amide bonds. The molecule has 25 heavy (non-hydrogen) atoms. The third-order valence-corrected chi connectivity index (χ3v) is 5.46. The molecule has 1 atom stereocenters. The molecule has 2 fully saturated rings. The van der Waals surface area contributed by atoms with Crippen LogP contribution in [0.1, 0.15) is 42.7 Å². The summed E-state index contributed by atoms with van der Waals surface area (Å²) in [6.07, 6.45) is 9.63. The van der Waals surface area contributed by atoms with Crippen LogP contribution < -0.4 is 5.32 Å². The number of nitrogens with one attached hydrogen (secondary N) is 1. The summed E-state index contributed by atoms with van der Waals surface area (Å²) in [6, 6.07) is 8.53. The van der Waals surface area contributed by atoms with Crippen molar-refractivity contribution in [2.45, 2.75) is 37.7 Å². The average Bonchev–Trinajstić information content (AvgIpc) is 2.61. The van der Waals surface area contributed by atoms with E-state index in [9.17, 15) is 5.11 Å². The molecule has 1 heterocycles. The molecule has 2 aliphatic rings. The summed E-state index contributed by atoms with van der Waals surface area (Å²) in [5.74, 6) is 3.95. The van der Waals surface area contributed by atoms with Crippen LogP contribution >= 0.6 is 24.8 Å². The van der Waals surface area contributed by atoms with E-state index in [0.717, 1.165) is 64.0 Å². The first kappa shape index (κ1) is 22.3. The molecule has 1 aromatic rings. The van der Waals surface area contributed by atoms with Gasteiger partial charge in [-0.25, -0.2) is 0 Å². The predicted octanol–water partition coefficient (Wildman–Crippen LogP) is 3.05. The van der Waals surface area contributed by atoms with E-state index in [0.29, 0.717) is 11.8 Å². The number of piperazine rings is 1. The van der Waals surface area contributed by atoms with Gasteiger partial charge in [-0.1, -0.05) is 18.1 Å². The number of hydrogen-bond acceptors (Lipinski definition) is 3. The average molecular weight is 385 g/mol. The molecule has 1 aliphatic carbocycles. The molecule has 3 nitrogen and oxygen atoms in total.